The summed E-state index contributed by atoms with van der Waals surface area (Å²) in [5, 5.41) is 8.60. The molecule has 0 radical (unpaired) electrons. The SMILES string of the molecule is O=C1NCc2cnc(NCCN3CCCCC3)nc2N1. The third-order valence-corrected chi connectivity index (χ3v) is 3.70. The Bertz CT molecular complexity index is 486. The standard InChI is InChI=1S/C13H20N6O/c20-13-16-9-10-8-15-12(17-11(10)18-13)14-4-7-19-5-2-1-3-6-19/h8H,1-7,9H2,(H3,14,15,16,17,18,20). The summed E-state index contributed by atoms with van der Waals surface area (Å²) in [5.74, 6) is 1.17. The number of rotatable bonds is 4. The molecule has 0 saturated carbocycles. The number of nitrogens with zero attached hydrogens (tertiary/aromatic N) is 3. The van der Waals surface area contributed by atoms with Crippen LogP contribution in [-0.2, 0) is 6.54 Å². The first-order valence-corrected chi connectivity index (χ1v) is 7.18. The third-order valence-electron chi connectivity index (χ3n) is 3.70. The van der Waals surface area contributed by atoms with Crippen molar-refractivity contribution in [3.8, 4) is 0 Å². The molecule has 2 aliphatic rings. The Kier molecular flexibility index (Phi) is 3.96. The predicted molar refractivity (Wildman–Crippen MR) is 76.7 cm³/mol. The molecule has 0 unspecified atom stereocenters. The Morgan fingerprint density at radius 2 is 2.15 bits per heavy atom. The molecule has 0 aromatic carbocycles. The average molecular weight is 276 g/mol. The smallest absolute Gasteiger partial charge is 0.320 e. The minimum Gasteiger partial charge on any atom is -0.353 e. The van der Waals surface area contributed by atoms with Crippen LogP contribution in [0, 0.1) is 0 Å². The number of anilines is 2. The van der Waals surface area contributed by atoms with Crippen LogP contribution < -0.4 is 16.0 Å². The third kappa shape index (κ3) is 3.16. The summed E-state index contributed by atoms with van der Waals surface area (Å²) in [6.45, 7) is 4.69. The fourth-order valence-corrected chi connectivity index (χ4v) is 2.57. The summed E-state index contributed by atoms with van der Waals surface area (Å²) >= 11 is 0. The van der Waals surface area contributed by atoms with Crippen LogP contribution >= 0.6 is 0 Å². The van der Waals surface area contributed by atoms with E-state index in [2.05, 4.69) is 30.8 Å². The van der Waals surface area contributed by atoms with Crippen LogP contribution in [0.4, 0.5) is 16.6 Å². The zero-order valence-electron chi connectivity index (χ0n) is 11.5. The molecule has 0 bridgehead atoms. The Labute approximate surface area is 118 Å². The van der Waals surface area contributed by atoms with E-state index in [1.54, 1.807) is 6.20 Å². The molecule has 20 heavy (non-hydrogen) atoms. The summed E-state index contributed by atoms with van der Waals surface area (Å²) in [7, 11) is 0. The van der Waals surface area contributed by atoms with Crippen molar-refractivity contribution >= 4 is 17.8 Å². The quantitative estimate of drug-likeness (QED) is 0.764. The number of fused-ring (bicyclic) bond motifs is 1. The van der Waals surface area contributed by atoms with Crippen molar-refractivity contribution in [1.82, 2.24) is 20.2 Å². The lowest BCUT2D eigenvalue weighted by Gasteiger charge is -2.26. The number of carbonyl (C=O) groups is 1. The summed E-state index contributed by atoms with van der Waals surface area (Å²) < 4.78 is 0. The van der Waals surface area contributed by atoms with Gasteiger partial charge in [-0.25, -0.2) is 9.78 Å². The maximum absolute atomic E-state index is 11.2. The zero-order chi connectivity index (χ0) is 13.8. The molecule has 1 aromatic heterocycles. The molecule has 108 valence electrons. The Morgan fingerprint density at radius 3 is 3.00 bits per heavy atom. The second-order valence-corrected chi connectivity index (χ2v) is 5.20. The van der Waals surface area contributed by atoms with Crippen molar-refractivity contribution in [1.29, 1.82) is 0 Å². The van der Waals surface area contributed by atoms with E-state index in [9.17, 15) is 4.79 Å². The molecule has 1 aromatic rings. The van der Waals surface area contributed by atoms with Gasteiger partial charge >= 0.3 is 6.03 Å². The second kappa shape index (κ2) is 6.04. The van der Waals surface area contributed by atoms with Gasteiger partial charge < -0.3 is 15.5 Å². The highest BCUT2D eigenvalue weighted by Gasteiger charge is 2.16. The van der Waals surface area contributed by atoms with Gasteiger partial charge in [0.1, 0.15) is 5.82 Å². The molecule has 1 saturated heterocycles. The van der Waals surface area contributed by atoms with Crippen molar-refractivity contribution in [3.05, 3.63) is 11.8 Å². The van der Waals surface area contributed by atoms with E-state index in [4.69, 9.17) is 0 Å². The first-order valence-electron chi connectivity index (χ1n) is 7.18. The first kappa shape index (κ1) is 13.1. The number of piperidine rings is 1. The monoisotopic (exact) mass is 276 g/mol. The zero-order valence-corrected chi connectivity index (χ0v) is 11.5. The van der Waals surface area contributed by atoms with E-state index in [1.165, 1.54) is 32.4 Å². The van der Waals surface area contributed by atoms with Crippen molar-refractivity contribution in [2.75, 3.05) is 36.8 Å². The van der Waals surface area contributed by atoms with Crippen molar-refractivity contribution in [2.45, 2.75) is 25.8 Å². The van der Waals surface area contributed by atoms with E-state index in [0.717, 1.165) is 18.7 Å². The normalized spacial score (nSPS) is 18.9. The van der Waals surface area contributed by atoms with Crippen LogP contribution in [0.1, 0.15) is 24.8 Å². The van der Waals surface area contributed by atoms with E-state index in [0.29, 0.717) is 18.3 Å². The van der Waals surface area contributed by atoms with Gasteiger partial charge in [-0.05, 0) is 25.9 Å². The van der Waals surface area contributed by atoms with Gasteiger partial charge in [0.05, 0.1) is 0 Å². The van der Waals surface area contributed by atoms with Crippen molar-refractivity contribution < 1.29 is 4.79 Å². The predicted octanol–water partition coefficient (Wildman–Crippen LogP) is 1.01. The highest BCUT2D eigenvalue weighted by atomic mass is 16.2. The summed E-state index contributed by atoms with van der Waals surface area (Å²) in [6.07, 6.45) is 5.70. The molecule has 2 amide bonds. The van der Waals surface area contributed by atoms with Gasteiger partial charge in [-0.15, -0.1) is 0 Å². The van der Waals surface area contributed by atoms with Crippen molar-refractivity contribution in [3.63, 3.8) is 0 Å². The topological polar surface area (TPSA) is 82.2 Å². The number of nitrogens with one attached hydrogen (secondary N) is 3. The van der Waals surface area contributed by atoms with Crippen molar-refractivity contribution in [2.24, 2.45) is 0 Å². The van der Waals surface area contributed by atoms with Gasteiger partial charge in [-0.1, -0.05) is 6.42 Å². The lowest BCUT2D eigenvalue weighted by molar-refractivity contribution is 0.237. The number of carbonyl (C=O) groups excluding carboxylic acids is 1. The minimum atomic E-state index is -0.213. The van der Waals surface area contributed by atoms with E-state index < -0.39 is 0 Å². The molecule has 7 nitrogen and oxygen atoms in total. The van der Waals surface area contributed by atoms with Gasteiger partial charge in [0.15, 0.2) is 0 Å². The Hall–Kier alpha value is -1.89. The molecule has 1 fully saturated rings. The lowest BCUT2D eigenvalue weighted by Crippen LogP contribution is -2.35. The summed E-state index contributed by atoms with van der Waals surface area (Å²) in [6, 6.07) is -0.213. The first-order chi connectivity index (χ1) is 9.81. The van der Waals surface area contributed by atoms with Crippen LogP contribution in [0.15, 0.2) is 6.20 Å². The van der Waals surface area contributed by atoms with Gasteiger partial charge in [0.25, 0.3) is 0 Å². The molecule has 7 heteroatoms. The molecule has 2 aliphatic heterocycles. The number of aromatic nitrogens is 2. The highest BCUT2D eigenvalue weighted by molar-refractivity contribution is 5.91. The van der Waals surface area contributed by atoms with Crippen LogP contribution in [0.5, 0.6) is 0 Å². The number of likely N-dealkylation sites (tertiary alicyclic amines) is 1. The largest absolute Gasteiger partial charge is 0.353 e. The molecule has 0 spiro atoms. The fraction of sp³-hybridized carbons (Fsp3) is 0.615. The van der Waals surface area contributed by atoms with E-state index in [-0.39, 0.29) is 6.03 Å². The minimum absolute atomic E-state index is 0.213. The lowest BCUT2D eigenvalue weighted by atomic mass is 10.1. The van der Waals surface area contributed by atoms with Crippen LogP contribution in [0.3, 0.4) is 0 Å². The number of hydrogen-bond acceptors (Lipinski definition) is 5. The highest BCUT2D eigenvalue weighted by Crippen LogP contribution is 2.16. The summed E-state index contributed by atoms with van der Waals surface area (Å²) in [4.78, 5) is 22.3. The van der Waals surface area contributed by atoms with Crippen LogP contribution in [0.25, 0.3) is 0 Å². The van der Waals surface area contributed by atoms with Gasteiger partial charge in [0, 0.05) is 31.4 Å². The summed E-state index contributed by atoms with van der Waals surface area (Å²) in [5.41, 5.74) is 0.909. The van der Waals surface area contributed by atoms with Gasteiger partial charge in [-0.3, -0.25) is 5.32 Å². The molecule has 3 N–H and O–H groups in total. The number of amides is 2. The Balaban J connectivity index is 1.52. The number of urea groups is 1. The van der Waals surface area contributed by atoms with Gasteiger partial charge in [-0.2, -0.15) is 4.98 Å². The molecule has 3 heterocycles. The Morgan fingerprint density at radius 1 is 1.30 bits per heavy atom. The van der Waals surface area contributed by atoms with Crippen LogP contribution in [-0.4, -0.2) is 47.1 Å². The molecule has 0 atom stereocenters. The van der Waals surface area contributed by atoms with Crippen LogP contribution in [0.2, 0.25) is 0 Å². The van der Waals surface area contributed by atoms with E-state index in [1.807, 2.05) is 0 Å². The molecular weight excluding hydrogens is 256 g/mol. The fourth-order valence-electron chi connectivity index (χ4n) is 2.57. The molecule has 3 rings (SSSR count). The van der Waals surface area contributed by atoms with E-state index >= 15 is 0 Å². The molecule has 0 aliphatic carbocycles. The maximum Gasteiger partial charge on any atom is 0.320 e. The van der Waals surface area contributed by atoms with Gasteiger partial charge in [0.2, 0.25) is 5.95 Å². The number of hydrogen-bond donors (Lipinski definition) is 3. The molecular formula is C13H20N6O. The maximum atomic E-state index is 11.2. The average Bonchev–Trinajstić information content (AvgIpc) is 2.48. The second-order valence-electron chi connectivity index (χ2n) is 5.20.